The summed E-state index contributed by atoms with van der Waals surface area (Å²) in [4.78, 5) is 14.9. The van der Waals surface area contributed by atoms with E-state index < -0.39 is 5.54 Å². The van der Waals surface area contributed by atoms with Crippen molar-refractivity contribution in [3.8, 4) is 0 Å². The molecule has 0 aliphatic carbocycles. The van der Waals surface area contributed by atoms with Crippen LogP contribution in [-0.4, -0.2) is 33.9 Å². The fourth-order valence-electron chi connectivity index (χ4n) is 2.59. The summed E-state index contributed by atoms with van der Waals surface area (Å²) in [5, 5.41) is 7.76. The van der Waals surface area contributed by atoms with Crippen LogP contribution in [0.15, 0.2) is 16.8 Å². The van der Waals surface area contributed by atoms with Crippen molar-refractivity contribution in [3.05, 3.63) is 22.4 Å². The summed E-state index contributed by atoms with van der Waals surface area (Å²) >= 11 is 3.58. The highest BCUT2D eigenvalue weighted by Crippen LogP contribution is 2.35. The Bertz CT molecular complexity index is 449. The van der Waals surface area contributed by atoms with E-state index in [1.165, 1.54) is 5.56 Å². The molecule has 1 aromatic rings. The van der Waals surface area contributed by atoms with Gasteiger partial charge in [0.25, 0.3) is 0 Å². The number of rotatable bonds is 6. The Labute approximate surface area is 130 Å². The van der Waals surface area contributed by atoms with Gasteiger partial charge in [-0.2, -0.15) is 23.1 Å². The van der Waals surface area contributed by atoms with Crippen molar-refractivity contribution in [1.82, 2.24) is 10.2 Å². The molecule has 1 saturated heterocycles. The molecular formula is C15H24N2OS2. The summed E-state index contributed by atoms with van der Waals surface area (Å²) in [6, 6.07) is 2.36. The second kappa shape index (κ2) is 6.50. The third-order valence-electron chi connectivity index (χ3n) is 4.04. The molecule has 1 aliphatic heterocycles. The van der Waals surface area contributed by atoms with Gasteiger partial charge in [-0.05, 0) is 48.4 Å². The molecular weight excluding hydrogens is 288 g/mol. The summed E-state index contributed by atoms with van der Waals surface area (Å²) < 4.78 is 0. The minimum atomic E-state index is -0.433. The Kier molecular flexibility index (Phi) is 5.15. The lowest BCUT2D eigenvalue weighted by atomic mass is 9.99. The summed E-state index contributed by atoms with van der Waals surface area (Å²) in [5.41, 5.74) is 0.770. The lowest BCUT2D eigenvalue weighted by Gasteiger charge is -2.30. The van der Waals surface area contributed by atoms with Crippen LogP contribution in [0.5, 0.6) is 0 Å². The maximum absolute atomic E-state index is 12.8. The van der Waals surface area contributed by atoms with E-state index in [9.17, 15) is 4.79 Å². The van der Waals surface area contributed by atoms with Crippen LogP contribution in [0.25, 0.3) is 0 Å². The fourth-order valence-corrected chi connectivity index (χ4v) is 4.00. The van der Waals surface area contributed by atoms with Crippen LogP contribution >= 0.6 is 23.1 Å². The Morgan fingerprint density at radius 1 is 1.55 bits per heavy atom. The predicted octanol–water partition coefficient (Wildman–Crippen LogP) is 3.49. The molecule has 0 saturated carbocycles. The highest BCUT2D eigenvalue weighted by atomic mass is 32.2. The highest BCUT2D eigenvalue weighted by Gasteiger charge is 2.48. The van der Waals surface area contributed by atoms with E-state index >= 15 is 0 Å². The van der Waals surface area contributed by atoms with Gasteiger partial charge in [0, 0.05) is 11.8 Å². The second-order valence-corrected chi connectivity index (χ2v) is 7.61. The van der Waals surface area contributed by atoms with Gasteiger partial charge in [-0.1, -0.05) is 13.8 Å². The number of hydrogen-bond acceptors (Lipinski definition) is 4. The third-order valence-corrected chi connectivity index (χ3v) is 5.87. The zero-order valence-electron chi connectivity index (χ0n) is 12.7. The first-order valence-electron chi connectivity index (χ1n) is 7.23. The van der Waals surface area contributed by atoms with E-state index in [0.717, 1.165) is 17.9 Å². The smallest absolute Gasteiger partial charge is 0.244 e. The van der Waals surface area contributed by atoms with Gasteiger partial charge in [0.15, 0.2) is 0 Å². The molecule has 20 heavy (non-hydrogen) atoms. The number of nitrogens with one attached hydrogen (secondary N) is 1. The van der Waals surface area contributed by atoms with E-state index in [1.54, 1.807) is 11.3 Å². The van der Waals surface area contributed by atoms with E-state index in [-0.39, 0.29) is 18.1 Å². The average molecular weight is 313 g/mol. The minimum absolute atomic E-state index is 0.0196. The quantitative estimate of drug-likeness (QED) is 0.872. The number of thioether (sulfide) groups is 1. The number of hydrogen-bond donors (Lipinski definition) is 1. The first-order valence-corrected chi connectivity index (χ1v) is 9.33. The van der Waals surface area contributed by atoms with Crippen LogP contribution in [0.4, 0.5) is 0 Å². The number of carbonyl (C=O) groups excluding carboxylic acids is 1. The molecule has 0 bridgehead atoms. The van der Waals surface area contributed by atoms with Crippen molar-refractivity contribution in [2.45, 2.75) is 51.9 Å². The zero-order valence-corrected chi connectivity index (χ0v) is 14.3. The molecule has 0 aromatic carbocycles. The van der Waals surface area contributed by atoms with Crippen LogP contribution in [0, 0.1) is 0 Å². The molecule has 1 amide bonds. The first-order chi connectivity index (χ1) is 9.53. The average Bonchev–Trinajstić information content (AvgIpc) is 3.05. The van der Waals surface area contributed by atoms with Gasteiger partial charge in [-0.25, -0.2) is 0 Å². The summed E-state index contributed by atoms with van der Waals surface area (Å²) in [6.07, 6.45) is 0.836. The third kappa shape index (κ3) is 2.90. The SMILES string of the molecule is CCSCC(C)N1C(=O)C(C)(CC)NC1c1ccsc1. The molecule has 3 atom stereocenters. The predicted molar refractivity (Wildman–Crippen MR) is 88.2 cm³/mol. The fraction of sp³-hybridized carbons (Fsp3) is 0.667. The lowest BCUT2D eigenvalue weighted by Crippen LogP contribution is -2.44. The Morgan fingerprint density at radius 2 is 2.30 bits per heavy atom. The summed E-state index contributed by atoms with van der Waals surface area (Å²) in [6.45, 7) is 8.41. The van der Waals surface area contributed by atoms with Gasteiger partial charge in [0.2, 0.25) is 5.91 Å². The molecule has 2 rings (SSSR count). The van der Waals surface area contributed by atoms with E-state index in [2.05, 4.69) is 42.9 Å². The van der Waals surface area contributed by atoms with Crippen LogP contribution in [0.2, 0.25) is 0 Å². The topological polar surface area (TPSA) is 32.3 Å². The van der Waals surface area contributed by atoms with Gasteiger partial charge >= 0.3 is 0 Å². The van der Waals surface area contributed by atoms with Crippen molar-refractivity contribution in [2.75, 3.05) is 11.5 Å². The normalized spacial score (nSPS) is 28.1. The van der Waals surface area contributed by atoms with Crippen molar-refractivity contribution >= 4 is 29.0 Å². The van der Waals surface area contributed by atoms with Crippen LogP contribution in [0.1, 0.15) is 45.8 Å². The molecule has 3 unspecified atom stereocenters. The monoisotopic (exact) mass is 312 g/mol. The second-order valence-electron chi connectivity index (χ2n) is 5.51. The number of carbonyl (C=O) groups is 1. The van der Waals surface area contributed by atoms with Gasteiger partial charge in [-0.3, -0.25) is 10.1 Å². The summed E-state index contributed by atoms with van der Waals surface area (Å²) in [5.74, 6) is 2.32. The molecule has 0 spiro atoms. The molecule has 0 radical (unpaired) electrons. The molecule has 1 aliphatic rings. The van der Waals surface area contributed by atoms with Crippen molar-refractivity contribution in [3.63, 3.8) is 0 Å². The molecule has 1 N–H and O–H groups in total. The molecule has 1 fully saturated rings. The molecule has 5 heteroatoms. The lowest BCUT2D eigenvalue weighted by molar-refractivity contribution is -0.134. The van der Waals surface area contributed by atoms with E-state index in [1.807, 2.05) is 23.6 Å². The number of thiophene rings is 1. The highest BCUT2D eigenvalue weighted by molar-refractivity contribution is 7.99. The van der Waals surface area contributed by atoms with Gasteiger partial charge in [-0.15, -0.1) is 0 Å². The standard InChI is InChI=1S/C15H24N2OS2/c1-5-15(4)14(18)17(11(3)9-19-6-2)13(16-15)12-7-8-20-10-12/h7-8,10-11,13,16H,5-6,9H2,1-4H3. The zero-order chi connectivity index (χ0) is 14.8. The van der Waals surface area contributed by atoms with Crippen molar-refractivity contribution in [2.24, 2.45) is 0 Å². The van der Waals surface area contributed by atoms with Crippen LogP contribution in [-0.2, 0) is 4.79 Å². The minimum Gasteiger partial charge on any atom is -0.318 e. The maximum atomic E-state index is 12.8. The van der Waals surface area contributed by atoms with Crippen molar-refractivity contribution in [1.29, 1.82) is 0 Å². The molecule has 112 valence electrons. The Balaban J connectivity index is 2.26. The maximum Gasteiger partial charge on any atom is 0.244 e. The van der Waals surface area contributed by atoms with Crippen LogP contribution in [0.3, 0.4) is 0 Å². The molecule has 1 aromatic heterocycles. The first kappa shape index (κ1) is 15.9. The Hall–Kier alpha value is -0.520. The van der Waals surface area contributed by atoms with Crippen LogP contribution < -0.4 is 5.32 Å². The largest absolute Gasteiger partial charge is 0.318 e. The number of amides is 1. The van der Waals surface area contributed by atoms with E-state index in [0.29, 0.717) is 0 Å². The van der Waals surface area contributed by atoms with Gasteiger partial charge in [0.1, 0.15) is 6.17 Å². The molecule has 2 heterocycles. The number of nitrogens with zero attached hydrogens (tertiary/aromatic N) is 1. The van der Waals surface area contributed by atoms with Gasteiger partial charge in [0.05, 0.1) is 5.54 Å². The Morgan fingerprint density at radius 3 is 2.85 bits per heavy atom. The summed E-state index contributed by atoms with van der Waals surface area (Å²) in [7, 11) is 0. The molecule has 3 nitrogen and oxygen atoms in total. The van der Waals surface area contributed by atoms with Gasteiger partial charge < -0.3 is 4.90 Å². The van der Waals surface area contributed by atoms with E-state index in [4.69, 9.17) is 0 Å². The van der Waals surface area contributed by atoms with Crippen molar-refractivity contribution < 1.29 is 4.79 Å².